The van der Waals surface area contributed by atoms with Crippen molar-refractivity contribution >= 4 is 11.8 Å². The molecule has 0 aromatic heterocycles. The van der Waals surface area contributed by atoms with E-state index in [1.54, 1.807) is 0 Å². The third kappa shape index (κ3) is 10.1. The second-order valence-corrected chi connectivity index (χ2v) is 4.68. The van der Waals surface area contributed by atoms with Gasteiger partial charge in [-0.3, -0.25) is 9.59 Å². The van der Waals surface area contributed by atoms with Crippen LogP contribution in [0.3, 0.4) is 0 Å². The maximum atomic E-state index is 11.3. The summed E-state index contributed by atoms with van der Waals surface area (Å²) in [5, 5.41) is 5.13. The summed E-state index contributed by atoms with van der Waals surface area (Å²) in [6, 6.07) is 0. The SMILES string of the molecule is CCCCOCCCNC(=O)C(=O)NCC(C)C. The van der Waals surface area contributed by atoms with Gasteiger partial charge in [0, 0.05) is 26.3 Å². The number of rotatable bonds is 9. The monoisotopic (exact) mass is 258 g/mol. The Labute approximate surface area is 110 Å². The molecule has 18 heavy (non-hydrogen) atoms. The van der Waals surface area contributed by atoms with Crippen LogP contribution in [0.2, 0.25) is 0 Å². The molecule has 0 aliphatic heterocycles. The molecule has 0 fully saturated rings. The molecule has 0 rings (SSSR count). The number of ether oxygens (including phenoxy) is 1. The van der Waals surface area contributed by atoms with E-state index in [2.05, 4.69) is 17.6 Å². The van der Waals surface area contributed by atoms with E-state index >= 15 is 0 Å². The van der Waals surface area contributed by atoms with Crippen molar-refractivity contribution in [1.29, 1.82) is 0 Å². The van der Waals surface area contributed by atoms with E-state index in [0.29, 0.717) is 25.6 Å². The van der Waals surface area contributed by atoms with Crippen molar-refractivity contribution < 1.29 is 14.3 Å². The highest BCUT2D eigenvalue weighted by Gasteiger charge is 2.12. The summed E-state index contributed by atoms with van der Waals surface area (Å²) in [6.07, 6.45) is 2.91. The summed E-state index contributed by atoms with van der Waals surface area (Å²) in [6.45, 7) is 8.44. The molecule has 0 unspecified atom stereocenters. The molecule has 2 amide bonds. The molecule has 0 aliphatic carbocycles. The Kier molecular flexibility index (Phi) is 10.3. The zero-order valence-corrected chi connectivity index (χ0v) is 11.8. The summed E-state index contributed by atoms with van der Waals surface area (Å²) in [5.41, 5.74) is 0. The minimum Gasteiger partial charge on any atom is -0.381 e. The van der Waals surface area contributed by atoms with Gasteiger partial charge in [0.25, 0.3) is 0 Å². The van der Waals surface area contributed by atoms with Crippen molar-refractivity contribution in [3.05, 3.63) is 0 Å². The lowest BCUT2D eigenvalue weighted by Gasteiger charge is -2.08. The van der Waals surface area contributed by atoms with Gasteiger partial charge in [-0.05, 0) is 18.8 Å². The highest BCUT2D eigenvalue weighted by atomic mass is 16.5. The molecular formula is C13H26N2O3. The Hall–Kier alpha value is -1.10. The summed E-state index contributed by atoms with van der Waals surface area (Å²) in [5.74, 6) is -0.784. The maximum absolute atomic E-state index is 11.3. The molecule has 0 spiro atoms. The summed E-state index contributed by atoms with van der Waals surface area (Å²) >= 11 is 0. The van der Waals surface area contributed by atoms with E-state index in [1.807, 2.05) is 13.8 Å². The first-order chi connectivity index (χ1) is 8.57. The predicted molar refractivity (Wildman–Crippen MR) is 71.2 cm³/mol. The van der Waals surface area contributed by atoms with Gasteiger partial charge >= 0.3 is 11.8 Å². The van der Waals surface area contributed by atoms with Gasteiger partial charge in [-0.2, -0.15) is 0 Å². The second-order valence-electron chi connectivity index (χ2n) is 4.68. The third-order valence-electron chi connectivity index (χ3n) is 2.27. The van der Waals surface area contributed by atoms with Gasteiger partial charge in [0.2, 0.25) is 0 Å². The molecular weight excluding hydrogens is 232 g/mol. The minimum absolute atomic E-state index is 0.341. The van der Waals surface area contributed by atoms with Crippen LogP contribution in [0.25, 0.3) is 0 Å². The van der Waals surface area contributed by atoms with Crippen LogP contribution >= 0.6 is 0 Å². The smallest absolute Gasteiger partial charge is 0.309 e. The van der Waals surface area contributed by atoms with Crippen molar-refractivity contribution in [2.24, 2.45) is 5.92 Å². The molecule has 0 saturated carbocycles. The third-order valence-corrected chi connectivity index (χ3v) is 2.27. The number of hydrogen-bond donors (Lipinski definition) is 2. The van der Waals surface area contributed by atoms with Crippen LogP contribution in [0.15, 0.2) is 0 Å². The maximum Gasteiger partial charge on any atom is 0.309 e. The Morgan fingerprint density at radius 2 is 1.67 bits per heavy atom. The van der Waals surface area contributed by atoms with Gasteiger partial charge in [0.15, 0.2) is 0 Å². The summed E-state index contributed by atoms with van der Waals surface area (Å²) < 4.78 is 5.34. The standard InChI is InChI=1S/C13H26N2O3/c1-4-5-8-18-9-6-7-14-12(16)13(17)15-10-11(2)3/h11H,4-10H2,1-3H3,(H,14,16)(H,15,17). The Balaban J connectivity index is 3.43. The average molecular weight is 258 g/mol. The van der Waals surface area contributed by atoms with Gasteiger partial charge in [-0.1, -0.05) is 27.2 Å². The highest BCUT2D eigenvalue weighted by Crippen LogP contribution is 1.89. The van der Waals surface area contributed by atoms with Crippen LogP contribution < -0.4 is 10.6 Å². The number of carbonyl (C=O) groups is 2. The predicted octanol–water partition coefficient (Wildman–Crippen LogP) is 1.08. The van der Waals surface area contributed by atoms with Gasteiger partial charge in [-0.15, -0.1) is 0 Å². The van der Waals surface area contributed by atoms with E-state index < -0.39 is 11.8 Å². The lowest BCUT2D eigenvalue weighted by Crippen LogP contribution is -2.41. The summed E-state index contributed by atoms with van der Waals surface area (Å²) in [7, 11) is 0. The lowest BCUT2D eigenvalue weighted by atomic mass is 10.2. The van der Waals surface area contributed by atoms with E-state index in [0.717, 1.165) is 25.9 Å². The van der Waals surface area contributed by atoms with E-state index in [9.17, 15) is 9.59 Å². The normalized spacial score (nSPS) is 10.4. The quantitative estimate of drug-likeness (QED) is 0.480. The molecule has 0 heterocycles. The number of amides is 2. The van der Waals surface area contributed by atoms with Gasteiger partial charge in [-0.25, -0.2) is 0 Å². The molecule has 5 nitrogen and oxygen atoms in total. The van der Waals surface area contributed by atoms with Crippen LogP contribution in [-0.2, 0) is 14.3 Å². The minimum atomic E-state index is -0.566. The Morgan fingerprint density at radius 1 is 1.06 bits per heavy atom. The van der Waals surface area contributed by atoms with E-state index in [-0.39, 0.29) is 0 Å². The molecule has 106 valence electrons. The second kappa shape index (κ2) is 11.0. The van der Waals surface area contributed by atoms with Crippen LogP contribution in [-0.4, -0.2) is 38.1 Å². The number of unbranched alkanes of at least 4 members (excludes halogenated alkanes) is 1. The fourth-order valence-corrected chi connectivity index (χ4v) is 1.18. The molecule has 5 heteroatoms. The first kappa shape index (κ1) is 16.9. The molecule has 0 atom stereocenters. The fraction of sp³-hybridized carbons (Fsp3) is 0.846. The first-order valence-electron chi connectivity index (χ1n) is 6.71. The molecule has 0 aromatic carbocycles. The van der Waals surface area contributed by atoms with Crippen LogP contribution in [0, 0.1) is 5.92 Å². The first-order valence-corrected chi connectivity index (χ1v) is 6.71. The van der Waals surface area contributed by atoms with Gasteiger partial charge in [0.1, 0.15) is 0 Å². The van der Waals surface area contributed by atoms with Crippen molar-refractivity contribution in [2.75, 3.05) is 26.3 Å². The molecule has 0 aliphatic rings. The molecule has 0 radical (unpaired) electrons. The zero-order chi connectivity index (χ0) is 13.8. The van der Waals surface area contributed by atoms with Crippen LogP contribution in [0.4, 0.5) is 0 Å². The Bertz CT molecular complexity index is 242. The Morgan fingerprint density at radius 3 is 2.28 bits per heavy atom. The molecule has 2 N–H and O–H groups in total. The van der Waals surface area contributed by atoms with Crippen LogP contribution in [0.5, 0.6) is 0 Å². The van der Waals surface area contributed by atoms with Gasteiger partial charge < -0.3 is 15.4 Å². The number of nitrogens with one attached hydrogen (secondary N) is 2. The summed E-state index contributed by atoms with van der Waals surface area (Å²) in [4.78, 5) is 22.6. The molecule has 0 saturated heterocycles. The van der Waals surface area contributed by atoms with Crippen molar-refractivity contribution in [3.63, 3.8) is 0 Å². The van der Waals surface area contributed by atoms with E-state index in [4.69, 9.17) is 4.74 Å². The lowest BCUT2D eigenvalue weighted by molar-refractivity contribution is -0.139. The van der Waals surface area contributed by atoms with Crippen molar-refractivity contribution in [2.45, 2.75) is 40.0 Å². The zero-order valence-electron chi connectivity index (χ0n) is 11.8. The highest BCUT2D eigenvalue weighted by molar-refractivity contribution is 6.35. The number of carbonyl (C=O) groups excluding carboxylic acids is 2. The topological polar surface area (TPSA) is 67.4 Å². The largest absolute Gasteiger partial charge is 0.381 e. The van der Waals surface area contributed by atoms with Crippen molar-refractivity contribution in [3.8, 4) is 0 Å². The molecule has 0 aromatic rings. The molecule has 0 bridgehead atoms. The number of hydrogen-bond acceptors (Lipinski definition) is 3. The fourth-order valence-electron chi connectivity index (χ4n) is 1.18. The van der Waals surface area contributed by atoms with Crippen molar-refractivity contribution in [1.82, 2.24) is 10.6 Å². The van der Waals surface area contributed by atoms with Gasteiger partial charge in [0.05, 0.1) is 0 Å². The van der Waals surface area contributed by atoms with Crippen LogP contribution in [0.1, 0.15) is 40.0 Å². The van der Waals surface area contributed by atoms with E-state index in [1.165, 1.54) is 0 Å². The average Bonchev–Trinajstić information content (AvgIpc) is 2.34.